The van der Waals surface area contributed by atoms with Crippen LogP contribution in [0, 0.1) is 6.92 Å². The molecule has 152 valence electrons. The van der Waals surface area contributed by atoms with Gasteiger partial charge in [0.25, 0.3) is 0 Å². The number of hydrogen-bond donors (Lipinski definition) is 2. The van der Waals surface area contributed by atoms with Crippen LogP contribution in [-0.2, 0) is 19.6 Å². The lowest BCUT2D eigenvalue weighted by Crippen LogP contribution is -2.34. The summed E-state index contributed by atoms with van der Waals surface area (Å²) in [6.45, 7) is 3.47. The van der Waals surface area contributed by atoms with Gasteiger partial charge in [-0.15, -0.1) is 0 Å². The normalized spacial score (nSPS) is 12.0. The maximum Gasteiger partial charge on any atom is 0.353 e. The summed E-state index contributed by atoms with van der Waals surface area (Å²) in [6, 6.07) is 5.87. The fourth-order valence-corrected chi connectivity index (χ4v) is 4.84. The number of carbonyl (C=O) groups is 2. The van der Waals surface area contributed by atoms with E-state index in [1.165, 1.54) is 26.2 Å². The van der Waals surface area contributed by atoms with Crippen molar-refractivity contribution in [1.82, 2.24) is 14.6 Å². The number of ether oxygens (including phenoxy) is 1. The Bertz CT molecular complexity index is 952. The number of esters is 1. The summed E-state index contributed by atoms with van der Waals surface area (Å²) < 4.78 is 30.3. The van der Waals surface area contributed by atoms with Crippen LogP contribution in [0.5, 0.6) is 0 Å². The topological polar surface area (TPSA) is 118 Å². The van der Waals surface area contributed by atoms with E-state index in [1.807, 2.05) is 5.38 Å². The SMILES string of the molecule is CCOC(=O)CNC(=O)Nc1nc(C)c[s+]1-c1ccc(S(=O)(=O)N(C)C)cc1. The van der Waals surface area contributed by atoms with Crippen LogP contribution in [0.4, 0.5) is 9.93 Å². The molecule has 1 heterocycles. The van der Waals surface area contributed by atoms with Gasteiger partial charge >= 0.3 is 17.1 Å². The number of hydrogen-bond acceptors (Lipinski definition) is 6. The Kier molecular flexibility index (Phi) is 7.11. The van der Waals surface area contributed by atoms with Crippen LogP contribution in [-0.4, -0.2) is 57.0 Å². The van der Waals surface area contributed by atoms with E-state index in [0.29, 0.717) is 5.13 Å². The third-order valence-electron chi connectivity index (χ3n) is 3.55. The predicted molar refractivity (Wildman–Crippen MR) is 107 cm³/mol. The van der Waals surface area contributed by atoms with Crippen LogP contribution in [0.2, 0.25) is 0 Å². The maximum atomic E-state index is 12.2. The molecule has 0 radical (unpaired) electrons. The predicted octanol–water partition coefficient (Wildman–Crippen LogP) is 2.06. The molecule has 1 atom stereocenters. The molecule has 1 aromatic carbocycles. The summed E-state index contributed by atoms with van der Waals surface area (Å²) >= 11 is 0. The maximum absolute atomic E-state index is 12.2. The van der Waals surface area contributed by atoms with Gasteiger partial charge in [0.1, 0.15) is 6.54 Å². The fourth-order valence-electron chi connectivity index (χ4n) is 2.20. The molecule has 0 aliphatic heterocycles. The highest BCUT2D eigenvalue weighted by Crippen LogP contribution is 2.39. The number of amides is 2. The van der Waals surface area contributed by atoms with E-state index in [1.54, 1.807) is 26.0 Å². The van der Waals surface area contributed by atoms with Crippen molar-refractivity contribution < 1.29 is 22.7 Å². The quantitative estimate of drug-likeness (QED) is 0.516. The Balaban J connectivity index is 2.18. The van der Waals surface area contributed by atoms with Gasteiger partial charge in [-0.05, 0) is 38.1 Å². The summed E-state index contributed by atoms with van der Waals surface area (Å²) in [7, 11) is -1.22. The van der Waals surface area contributed by atoms with E-state index in [0.717, 1.165) is 14.9 Å². The summed E-state index contributed by atoms with van der Waals surface area (Å²) in [5.41, 5.74) is 0.731. The zero-order chi connectivity index (χ0) is 20.9. The number of rotatable bonds is 7. The van der Waals surface area contributed by atoms with Crippen molar-refractivity contribution in [2.45, 2.75) is 18.7 Å². The molecular formula is C17H23N4O5S2+. The second kappa shape index (κ2) is 9.13. The first-order valence-corrected chi connectivity index (χ1v) is 11.1. The van der Waals surface area contributed by atoms with Gasteiger partial charge in [0, 0.05) is 14.1 Å². The van der Waals surface area contributed by atoms with Gasteiger partial charge < -0.3 is 10.1 Å². The van der Waals surface area contributed by atoms with Crippen molar-refractivity contribution in [3.05, 3.63) is 35.3 Å². The van der Waals surface area contributed by atoms with Crippen molar-refractivity contribution >= 4 is 37.6 Å². The molecule has 9 nitrogen and oxygen atoms in total. The van der Waals surface area contributed by atoms with E-state index < -0.39 is 32.5 Å². The lowest BCUT2D eigenvalue weighted by molar-refractivity contribution is -0.141. The molecule has 0 bridgehead atoms. The smallest absolute Gasteiger partial charge is 0.353 e. The Hall–Kier alpha value is -2.50. The van der Waals surface area contributed by atoms with E-state index in [4.69, 9.17) is 4.74 Å². The Morgan fingerprint density at radius 1 is 1.21 bits per heavy atom. The molecule has 0 saturated heterocycles. The van der Waals surface area contributed by atoms with Gasteiger partial charge in [0.05, 0.1) is 27.7 Å². The van der Waals surface area contributed by atoms with Crippen molar-refractivity contribution in [2.24, 2.45) is 0 Å². The Morgan fingerprint density at radius 2 is 1.86 bits per heavy atom. The summed E-state index contributed by atoms with van der Waals surface area (Å²) in [5.74, 6) is -0.531. The molecule has 2 aromatic rings. The number of aryl methyl sites for hydroxylation is 1. The second-order valence-electron chi connectivity index (χ2n) is 5.89. The standard InChI is InChI=1S/C17H22N4O5S2/c1-5-26-15(22)10-18-16(23)20-17-19-12(2)11-27(17)13-6-8-14(9-7-13)28(24,25)21(3)4/h6-9,11H,5,10H2,1-4H3,(H-,18,19,20,23)/p+1. The second-order valence-corrected chi connectivity index (χ2v) is 9.81. The van der Waals surface area contributed by atoms with Crippen molar-refractivity contribution in [3.8, 4) is 4.90 Å². The van der Waals surface area contributed by atoms with Crippen LogP contribution in [0.25, 0.3) is 4.90 Å². The largest absolute Gasteiger partial charge is 0.465 e. The minimum absolute atomic E-state index is 0.184. The fraction of sp³-hybridized carbons (Fsp3) is 0.353. The number of nitrogens with one attached hydrogen (secondary N) is 2. The van der Waals surface area contributed by atoms with E-state index in [2.05, 4.69) is 15.6 Å². The van der Waals surface area contributed by atoms with E-state index >= 15 is 0 Å². The summed E-state index contributed by atoms with van der Waals surface area (Å²) in [6.07, 6.45) is 0. The van der Waals surface area contributed by atoms with Gasteiger partial charge in [0.15, 0.2) is 10.3 Å². The Morgan fingerprint density at radius 3 is 2.43 bits per heavy atom. The average molecular weight is 428 g/mol. The molecule has 0 aliphatic rings. The van der Waals surface area contributed by atoms with Gasteiger partial charge in [-0.1, -0.05) is 0 Å². The molecule has 11 heteroatoms. The third-order valence-corrected chi connectivity index (χ3v) is 7.35. The van der Waals surface area contributed by atoms with Crippen molar-refractivity contribution in [2.75, 3.05) is 32.6 Å². The monoisotopic (exact) mass is 427 g/mol. The summed E-state index contributed by atoms with van der Waals surface area (Å²) in [4.78, 5) is 28.7. The van der Waals surface area contributed by atoms with Gasteiger partial charge in [-0.25, -0.2) is 22.8 Å². The molecule has 1 unspecified atom stereocenters. The number of anilines is 1. The molecule has 2 amide bonds. The first-order chi connectivity index (χ1) is 13.1. The third kappa shape index (κ3) is 5.27. The zero-order valence-corrected chi connectivity index (χ0v) is 17.7. The van der Waals surface area contributed by atoms with Crippen LogP contribution in [0.1, 0.15) is 12.6 Å². The number of sulfonamides is 1. The minimum Gasteiger partial charge on any atom is -0.465 e. The molecule has 0 aliphatic carbocycles. The van der Waals surface area contributed by atoms with E-state index in [-0.39, 0.29) is 18.0 Å². The number of benzene rings is 1. The summed E-state index contributed by atoms with van der Waals surface area (Å²) in [5, 5.41) is 7.36. The highest BCUT2D eigenvalue weighted by Gasteiger charge is 2.24. The van der Waals surface area contributed by atoms with Gasteiger partial charge in [-0.3, -0.25) is 4.79 Å². The minimum atomic E-state index is -3.51. The van der Waals surface area contributed by atoms with Gasteiger partial charge in [-0.2, -0.15) is 4.98 Å². The van der Waals surface area contributed by atoms with Crippen LogP contribution >= 0.6 is 10.5 Å². The molecule has 0 fully saturated rings. The molecule has 2 rings (SSSR count). The molecule has 0 saturated carbocycles. The molecule has 0 spiro atoms. The van der Waals surface area contributed by atoms with Crippen LogP contribution in [0.3, 0.4) is 0 Å². The van der Waals surface area contributed by atoms with Crippen LogP contribution in [0.15, 0.2) is 34.5 Å². The zero-order valence-electron chi connectivity index (χ0n) is 16.1. The molecule has 28 heavy (non-hydrogen) atoms. The van der Waals surface area contributed by atoms with E-state index in [9.17, 15) is 18.0 Å². The van der Waals surface area contributed by atoms with Crippen molar-refractivity contribution in [1.29, 1.82) is 0 Å². The molecule has 1 aromatic heterocycles. The number of thiazole rings is 1. The molecule has 2 N–H and O–H groups in total. The Labute approximate surface area is 166 Å². The van der Waals surface area contributed by atoms with Gasteiger partial charge in [0.2, 0.25) is 10.0 Å². The molecular weight excluding hydrogens is 404 g/mol. The van der Waals surface area contributed by atoms with Crippen molar-refractivity contribution in [3.63, 3.8) is 0 Å². The number of aromatic nitrogens is 1. The lowest BCUT2D eigenvalue weighted by Gasteiger charge is -2.10. The first kappa shape index (κ1) is 21.8. The highest BCUT2D eigenvalue weighted by atomic mass is 32.2. The lowest BCUT2D eigenvalue weighted by atomic mass is 10.4. The highest BCUT2D eigenvalue weighted by molar-refractivity contribution is 7.89. The number of urea groups is 1. The number of carbonyl (C=O) groups excluding carboxylic acids is 2. The average Bonchev–Trinajstić information content (AvgIpc) is 3.00. The van der Waals surface area contributed by atoms with Crippen LogP contribution < -0.4 is 10.6 Å². The first-order valence-electron chi connectivity index (χ1n) is 8.38. The number of nitrogens with zero attached hydrogens (tertiary/aromatic N) is 2.